The van der Waals surface area contributed by atoms with Crippen molar-refractivity contribution in [2.24, 2.45) is 0 Å². The summed E-state index contributed by atoms with van der Waals surface area (Å²) in [6, 6.07) is 0. The minimum absolute atomic E-state index is 0.388. The fraction of sp³-hybridized carbons (Fsp3) is 0.800. The van der Waals surface area contributed by atoms with Crippen LogP contribution in [0.5, 0.6) is 0 Å². The van der Waals surface area contributed by atoms with Gasteiger partial charge in [-0.3, -0.25) is 0 Å². The summed E-state index contributed by atoms with van der Waals surface area (Å²) >= 11 is 0. The Kier molecular flexibility index (Phi) is 6.09. The third kappa shape index (κ3) is 4.77. The van der Waals surface area contributed by atoms with E-state index in [0.29, 0.717) is 13.1 Å². The lowest BCUT2D eigenvalue weighted by Gasteiger charge is -2.22. The zero-order valence-corrected chi connectivity index (χ0v) is 10.9. The molecular weight excluding hydrogens is 212 g/mol. The van der Waals surface area contributed by atoms with E-state index in [2.05, 4.69) is 11.9 Å². The van der Waals surface area contributed by atoms with Crippen molar-refractivity contribution in [3.63, 3.8) is 0 Å². The van der Waals surface area contributed by atoms with Crippen LogP contribution < -0.4 is 5.32 Å². The minimum Gasteiger partial charge on any atom is -0.316 e. The molecule has 0 aromatic heterocycles. The number of nitrogens with one attached hydrogen (secondary N) is 1. The van der Waals surface area contributed by atoms with Crippen LogP contribution in [0.4, 0.5) is 0 Å². The molecule has 15 heavy (non-hydrogen) atoms. The van der Waals surface area contributed by atoms with Crippen LogP contribution in [0.25, 0.3) is 0 Å². The summed E-state index contributed by atoms with van der Waals surface area (Å²) in [6.45, 7) is 10.9. The van der Waals surface area contributed by atoms with Gasteiger partial charge in [0, 0.05) is 20.1 Å². The zero-order valence-electron chi connectivity index (χ0n) is 10.1. The largest absolute Gasteiger partial charge is 0.316 e. The van der Waals surface area contributed by atoms with Crippen molar-refractivity contribution in [1.29, 1.82) is 0 Å². The summed E-state index contributed by atoms with van der Waals surface area (Å²) in [4.78, 5) is 0. The maximum absolute atomic E-state index is 11.9. The third-order valence-electron chi connectivity index (χ3n) is 2.12. The first-order chi connectivity index (χ1) is 6.82. The van der Waals surface area contributed by atoms with E-state index in [-0.39, 0.29) is 0 Å². The predicted molar refractivity (Wildman–Crippen MR) is 64.4 cm³/mol. The van der Waals surface area contributed by atoms with Crippen molar-refractivity contribution < 1.29 is 8.42 Å². The smallest absolute Gasteiger partial charge is 0.218 e. The summed E-state index contributed by atoms with van der Waals surface area (Å²) in [5, 5.41) is 2.63. The molecule has 0 aromatic rings. The zero-order chi connectivity index (χ0) is 12.1. The molecule has 0 amide bonds. The molecule has 0 saturated heterocycles. The highest BCUT2D eigenvalue weighted by Gasteiger charge is 2.24. The van der Waals surface area contributed by atoms with E-state index in [0.717, 1.165) is 12.1 Å². The van der Waals surface area contributed by atoms with Gasteiger partial charge in [-0.15, -0.1) is 0 Å². The average Bonchev–Trinajstić information content (AvgIpc) is 2.12. The molecule has 0 spiro atoms. The second kappa shape index (κ2) is 6.25. The molecule has 5 heteroatoms. The molecule has 0 radical (unpaired) electrons. The molecule has 0 fully saturated rings. The van der Waals surface area contributed by atoms with Gasteiger partial charge in [0.15, 0.2) is 0 Å². The number of rotatable bonds is 7. The lowest BCUT2D eigenvalue weighted by molar-refractivity contribution is 0.478. The minimum atomic E-state index is -3.20. The van der Waals surface area contributed by atoms with Gasteiger partial charge in [-0.1, -0.05) is 19.1 Å². The quantitative estimate of drug-likeness (QED) is 0.664. The van der Waals surface area contributed by atoms with Crippen molar-refractivity contribution >= 4 is 10.0 Å². The van der Waals surface area contributed by atoms with Gasteiger partial charge in [-0.2, -0.15) is 0 Å². The van der Waals surface area contributed by atoms with Gasteiger partial charge in [0.25, 0.3) is 0 Å². The molecule has 1 atom stereocenters. The van der Waals surface area contributed by atoms with Crippen LogP contribution in [0.3, 0.4) is 0 Å². The Bertz CT molecular complexity index is 299. The molecule has 0 bridgehead atoms. The lowest BCUT2D eigenvalue weighted by Crippen LogP contribution is -2.40. The second-order valence-electron chi connectivity index (χ2n) is 3.88. The highest BCUT2D eigenvalue weighted by atomic mass is 32.2. The summed E-state index contributed by atoms with van der Waals surface area (Å²) in [5.74, 6) is 0. The Morgan fingerprint density at radius 2 is 2.07 bits per heavy atom. The molecule has 90 valence electrons. The predicted octanol–water partition coefficient (Wildman–Crippen LogP) is 0.822. The summed E-state index contributed by atoms with van der Waals surface area (Å²) in [5.41, 5.74) is 0.844. The Hall–Kier alpha value is -0.390. The van der Waals surface area contributed by atoms with E-state index in [4.69, 9.17) is 0 Å². The van der Waals surface area contributed by atoms with E-state index < -0.39 is 15.3 Å². The molecule has 1 unspecified atom stereocenters. The maximum Gasteiger partial charge on any atom is 0.218 e. The van der Waals surface area contributed by atoms with Crippen LogP contribution in [0.15, 0.2) is 12.2 Å². The molecule has 0 heterocycles. The molecule has 1 N–H and O–H groups in total. The second-order valence-corrected chi connectivity index (χ2v) is 6.33. The fourth-order valence-electron chi connectivity index (χ4n) is 1.23. The van der Waals surface area contributed by atoms with Gasteiger partial charge in [0.2, 0.25) is 10.0 Å². The number of hydrogen-bond donors (Lipinski definition) is 1. The van der Waals surface area contributed by atoms with Crippen LogP contribution in [0, 0.1) is 0 Å². The van der Waals surface area contributed by atoms with Crippen LogP contribution in [0.1, 0.15) is 20.8 Å². The molecule has 0 saturated carbocycles. The van der Waals surface area contributed by atoms with E-state index in [1.807, 2.05) is 13.8 Å². The van der Waals surface area contributed by atoms with Crippen molar-refractivity contribution in [3.05, 3.63) is 12.2 Å². The topological polar surface area (TPSA) is 49.4 Å². The van der Waals surface area contributed by atoms with Crippen LogP contribution in [0.2, 0.25) is 0 Å². The Morgan fingerprint density at radius 3 is 2.47 bits per heavy atom. The van der Waals surface area contributed by atoms with Gasteiger partial charge >= 0.3 is 0 Å². The summed E-state index contributed by atoms with van der Waals surface area (Å²) in [7, 11) is -1.61. The Balaban J connectivity index is 4.45. The molecule has 0 aromatic carbocycles. The molecule has 0 aliphatic heterocycles. The van der Waals surface area contributed by atoms with Gasteiger partial charge in [0.05, 0.1) is 5.25 Å². The molecular formula is C10H22N2O2S. The normalized spacial score (nSPS) is 14.2. The maximum atomic E-state index is 11.9. The first kappa shape index (κ1) is 14.6. The standard InChI is InChI=1S/C10H22N2O2S/c1-6-11-7-10(4)15(13,14)12(5)8-9(2)3/h10-11H,2,6-8H2,1,3-5H3. The lowest BCUT2D eigenvalue weighted by atomic mass is 10.4. The van der Waals surface area contributed by atoms with E-state index in [9.17, 15) is 8.42 Å². The van der Waals surface area contributed by atoms with Gasteiger partial charge in [-0.25, -0.2) is 12.7 Å². The van der Waals surface area contributed by atoms with Crippen LogP contribution >= 0.6 is 0 Å². The first-order valence-corrected chi connectivity index (χ1v) is 6.63. The van der Waals surface area contributed by atoms with E-state index in [1.54, 1.807) is 14.0 Å². The van der Waals surface area contributed by atoms with Gasteiger partial charge < -0.3 is 5.32 Å². The van der Waals surface area contributed by atoms with Crippen molar-refractivity contribution in [2.75, 3.05) is 26.7 Å². The fourth-order valence-corrected chi connectivity index (χ4v) is 2.57. The Labute approximate surface area is 93.4 Å². The number of hydrogen-bond acceptors (Lipinski definition) is 3. The van der Waals surface area contributed by atoms with Crippen molar-refractivity contribution in [3.8, 4) is 0 Å². The molecule has 4 nitrogen and oxygen atoms in total. The average molecular weight is 234 g/mol. The molecule has 0 rings (SSSR count). The molecule has 0 aliphatic rings. The van der Waals surface area contributed by atoms with Gasteiger partial charge in [-0.05, 0) is 20.4 Å². The SMILES string of the molecule is C=C(C)CN(C)S(=O)(=O)C(C)CNCC. The first-order valence-electron chi connectivity index (χ1n) is 5.12. The van der Waals surface area contributed by atoms with Crippen LogP contribution in [-0.2, 0) is 10.0 Å². The van der Waals surface area contributed by atoms with Crippen molar-refractivity contribution in [2.45, 2.75) is 26.0 Å². The number of nitrogens with zero attached hydrogens (tertiary/aromatic N) is 1. The van der Waals surface area contributed by atoms with E-state index in [1.165, 1.54) is 4.31 Å². The summed E-state index contributed by atoms with van der Waals surface area (Å²) < 4.78 is 25.2. The van der Waals surface area contributed by atoms with E-state index >= 15 is 0 Å². The Morgan fingerprint density at radius 1 is 1.53 bits per heavy atom. The highest BCUT2D eigenvalue weighted by molar-refractivity contribution is 7.89. The van der Waals surface area contributed by atoms with Crippen LogP contribution in [-0.4, -0.2) is 44.7 Å². The molecule has 0 aliphatic carbocycles. The van der Waals surface area contributed by atoms with Crippen molar-refractivity contribution in [1.82, 2.24) is 9.62 Å². The third-order valence-corrected chi connectivity index (χ3v) is 4.30. The highest BCUT2D eigenvalue weighted by Crippen LogP contribution is 2.07. The number of likely N-dealkylation sites (N-methyl/N-ethyl adjacent to an activating group) is 1. The monoisotopic (exact) mass is 234 g/mol. The van der Waals surface area contributed by atoms with Gasteiger partial charge in [0.1, 0.15) is 0 Å². The summed E-state index contributed by atoms with van der Waals surface area (Å²) in [6.07, 6.45) is 0. The number of sulfonamides is 1.